The standard InChI is InChI=1S/C16H22FN3/c1-3-15(20-8-6-11(2)7-9-20)16-18-13-5-4-12(17)10-14(13)19-16/h4-5,10-11,15H,3,6-9H2,1-2H3,(H,18,19). The molecule has 1 aromatic carbocycles. The molecule has 1 atom stereocenters. The van der Waals surface area contributed by atoms with E-state index in [0.717, 1.165) is 42.3 Å². The summed E-state index contributed by atoms with van der Waals surface area (Å²) in [4.78, 5) is 10.5. The molecule has 2 aromatic rings. The van der Waals surface area contributed by atoms with E-state index in [1.54, 1.807) is 6.07 Å². The minimum absolute atomic E-state index is 0.215. The number of hydrogen-bond acceptors (Lipinski definition) is 2. The molecule has 0 saturated carbocycles. The Morgan fingerprint density at radius 3 is 2.85 bits per heavy atom. The largest absolute Gasteiger partial charge is 0.341 e. The van der Waals surface area contributed by atoms with Crippen LogP contribution in [0.25, 0.3) is 11.0 Å². The predicted octanol–water partition coefficient (Wildman–Crippen LogP) is 3.89. The zero-order chi connectivity index (χ0) is 14.1. The second-order valence-electron chi connectivity index (χ2n) is 5.93. The predicted molar refractivity (Wildman–Crippen MR) is 79.1 cm³/mol. The lowest BCUT2D eigenvalue weighted by Crippen LogP contribution is -2.36. The number of benzene rings is 1. The Kier molecular flexibility index (Phi) is 3.74. The van der Waals surface area contributed by atoms with E-state index in [2.05, 4.69) is 28.7 Å². The number of hydrogen-bond donors (Lipinski definition) is 1. The number of likely N-dealkylation sites (tertiary alicyclic amines) is 1. The topological polar surface area (TPSA) is 31.9 Å². The van der Waals surface area contributed by atoms with E-state index in [1.165, 1.54) is 25.0 Å². The molecule has 20 heavy (non-hydrogen) atoms. The van der Waals surface area contributed by atoms with E-state index in [-0.39, 0.29) is 5.82 Å². The number of nitrogens with one attached hydrogen (secondary N) is 1. The van der Waals surface area contributed by atoms with Crippen LogP contribution in [-0.4, -0.2) is 28.0 Å². The van der Waals surface area contributed by atoms with E-state index in [1.807, 2.05) is 0 Å². The maximum atomic E-state index is 13.3. The highest BCUT2D eigenvalue weighted by Crippen LogP contribution is 2.28. The lowest BCUT2D eigenvalue weighted by molar-refractivity contribution is 0.130. The van der Waals surface area contributed by atoms with Crippen molar-refractivity contribution in [1.29, 1.82) is 0 Å². The van der Waals surface area contributed by atoms with Crippen LogP contribution in [-0.2, 0) is 0 Å². The van der Waals surface area contributed by atoms with Crippen LogP contribution in [0.1, 0.15) is 45.0 Å². The Morgan fingerprint density at radius 1 is 1.40 bits per heavy atom. The number of aromatic amines is 1. The molecule has 3 rings (SSSR count). The van der Waals surface area contributed by atoms with Gasteiger partial charge in [0.15, 0.2) is 0 Å². The van der Waals surface area contributed by atoms with Crippen LogP contribution >= 0.6 is 0 Å². The fourth-order valence-corrected chi connectivity index (χ4v) is 3.12. The molecule has 0 radical (unpaired) electrons. The Balaban J connectivity index is 1.87. The van der Waals surface area contributed by atoms with Crippen molar-refractivity contribution in [1.82, 2.24) is 14.9 Å². The molecule has 1 unspecified atom stereocenters. The third kappa shape index (κ3) is 2.57. The molecule has 0 amide bonds. The van der Waals surface area contributed by atoms with Crippen molar-refractivity contribution in [2.45, 2.75) is 39.2 Å². The highest BCUT2D eigenvalue weighted by Gasteiger charge is 2.25. The molecule has 108 valence electrons. The van der Waals surface area contributed by atoms with E-state index in [9.17, 15) is 4.39 Å². The first-order valence-electron chi connectivity index (χ1n) is 7.56. The summed E-state index contributed by atoms with van der Waals surface area (Å²) >= 11 is 0. The van der Waals surface area contributed by atoms with Crippen molar-refractivity contribution < 1.29 is 4.39 Å². The fraction of sp³-hybridized carbons (Fsp3) is 0.562. The molecule has 2 heterocycles. The van der Waals surface area contributed by atoms with Crippen molar-refractivity contribution in [2.75, 3.05) is 13.1 Å². The van der Waals surface area contributed by atoms with Crippen LogP contribution < -0.4 is 0 Å². The van der Waals surface area contributed by atoms with Crippen LogP contribution in [0.2, 0.25) is 0 Å². The smallest absolute Gasteiger partial charge is 0.125 e. The van der Waals surface area contributed by atoms with Gasteiger partial charge in [0.05, 0.1) is 17.1 Å². The molecule has 1 aliphatic rings. The van der Waals surface area contributed by atoms with Crippen molar-refractivity contribution in [3.63, 3.8) is 0 Å². The first kappa shape index (κ1) is 13.6. The summed E-state index contributed by atoms with van der Waals surface area (Å²) in [6.45, 7) is 6.77. The Labute approximate surface area is 119 Å². The average molecular weight is 275 g/mol. The van der Waals surface area contributed by atoms with Crippen LogP contribution in [0.5, 0.6) is 0 Å². The summed E-state index contributed by atoms with van der Waals surface area (Å²) in [5.41, 5.74) is 1.65. The van der Waals surface area contributed by atoms with Crippen molar-refractivity contribution in [3.05, 3.63) is 29.8 Å². The molecule has 1 aliphatic heterocycles. The summed E-state index contributed by atoms with van der Waals surface area (Å²) in [6.07, 6.45) is 3.54. The van der Waals surface area contributed by atoms with Gasteiger partial charge in [-0.3, -0.25) is 4.90 Å². The van der Waals surface area contributed by atoms with Gasteiger partial charge in [0.2, 0.25) is 0 Å². The number of rotatable bonds is 3. The number of fused-ring (bicyclic) bond motifs is 1. The van der Waals surface area contributed by atoms with Gasteiger partial charge >= 0.3 is 0 Å². The molecule has 0 spiro atoms. The normalized spacial score (nSPS) is 19.6. The van der Waals surface area contributed by atoms with Crippen molar-refractivity contribution in [2.24, 2.45) is 5.92 Å². The summed E-state index contributed by atoms with van der Waals surface area (Å²) in [7, 11) is 0. The van der Waals surface area contributed by atoms with Gasteiger partial charge in [-0.25, -0.2) is 9.37 Å². The molecule has 3 nitrogen and oxygen atoms in total. The summed E-state index contributed by atoms with van der Waals surface area (Å²) in [6, 6.07) is 5.06. The van der Waals surface area contributed by atoms with Crippen LogP contribution in [0.15, 0.2) is 18.2 Å². The summed E-state index contributed by atoms with van der Waals surface area (Å²) < 4.78 is 13.3. The SMILES string of the molecule is CCC(c1nc2ccc(F)cc2[nH]1)N1CCC(C)CC1. The molecular weight excluding hydrogens is 253 g/mol. The number of nitrogens with zero attached hydrogens (tertiary/aromatic N) is 2. The van der Waals surface area contributed by atoms with E-state index in [0.29, 0.717) is 6.04 Å². The molecular formula is C16H22FN3. The molecule has 0 aliphatic carbocycles. The molecule has 0 bridgehead atoms. The van der Waals surface area contributed by atoms with Gasteiger partial charge in [0, 0.05) is 0 Å². The van der Waals surface area contributed by atoms with Crippen LogP contribution in [0.4, 0.5) is 4.39 Å². The number of aromatic nitrogens is 2. The van der Waals surface area contributed by atoms with Crippen LogP contribution in [0.3, 0.4) is 0 Å². The Hall–Kier alpha value is -1.42. The maximum Gasteiger partial charge on any atom is 0.125 e. The summed E-state index contributed by atoms with van der Waals surface area (Å²) in [5.74, 6) is 1.59. The van der Waals surface area contributed by atoms with Gasteiger partial charge in [0.1, 0.15) is 11.6 Å². The lowest BCUT2D eigenvalue weighted by Gasteiger charge is -2.35. The van der Waals surface area contributed by atoms with Gasteiger partial charge in [-0.05, 0) is 56.5 Å². The van der Waals surface area contributed by atoms with E-state index in [4.69, 9.17) is 0 Å². The highest BCUT2D eigenvalue weighted by molar-refractivity contribution is 5.75. The quantitative estimate of drug-likeness (QED) is 0.921. The van der Waals surface area contributed by atoms with Gasteiger partial charge in [0.25, 0.3) is 0 Å². The summed E-state index contributed by atoms with van der Waals surface area (Å²) in [5, 5.41) is 0. The monoisotopic (exact) mass is 275 g/mol. The third-order valence-electron chi connectivity index (χ3n) is 4.42. The van der Waals surface area contributed by atoms with Gasteiger partial charge in [-0.15, -0.1) is 0 Å². The number of piperidine rings is 1. The minimum atomic E-state index is -0.215. The Bertz CT molecular complexity index is 584. The van der Waals surface area contributed by atoms with Crippen molar-refractivity contribution >= 4 is 11.0 Å². The number of H-pyrrole nitrogens is 1. The number of halogens is 1. The lowest BCUT2D eigenvalue weighted by atomic mass is 9.97. The van der Waals surface area contributed by atoms with Crippen LogP contribution in [0, 0.1) is 11.7 Å². The first-order valence-corrected chi connectivity index (χ1v) is 7.56. The van der Waals surface area contributed by atoms with E-state index >= 15 is 0 Å². The fourth-order valence-electron chi connectivity index (χ4n) is 3.12. The molecule has 1 aromatic heterocycles. The van der Waals surface area contributed by atoms with E-state index < -0.39 is 0 Å². The van der Waals surface area contributed by atoms with Gasteiger partial charge < -0.3 is 4.98 Å². The average Bonchev–Trinajstić information content (AvgIpc) is 2.84. The maximum absolute atomic E-state index is 13.3. The molecule has 1 N–H and O–H groups in total. The minimum Gasteiger partial charge on any atom is -0.341 e. The number of imidazole rings is 1. The molecule has 1 fully saturated rings. The first-order chi connectivity index (χ1) is 9.67. The molecule has 1 saturated heterocycles. The third-order valence-corrected chi connectivity index (χ3v) is 4.42. The second kappa shape index (κ2) is 5.52. The van der Waals surface area contributed by atoms with Gasteiger partial charge in [-0.2, -0.15) is 0 Å². The Morgan fingerprint density at radius 2 is 2.15 bits per heavy atom. The van der Waals surface area contributed by atoms with Gasteiger partial charge in [-0.1, -0.05) is 13.8 Å². The zero-order valence-electron chi connectivity index (χ0n) is 12.2. The second-order valence-corrected chi connectivity index (χ2v) is 5.93. The highest BCUT2D eigenvalue weighted by atomic mass is 19.1. The molecule has 4 heteroatoms. The van der Waals surface area contributed by atoms with Crippen molar-refractivity contribution in [3.8, 4) is 0 Å². The zero-order valence-corrected chi connectivity index (χ0v) is 12.2.